The van der Waals surface area contributed by atoms with Crippen molar-refractivity contribution in [1.82, 2.24) is 64.5 Å². The minimum Gasteiger partial charge on any atom is -0.372 e. The molecule has 2 saturated heterocycles. The topological polar surface area (TPSA) is 205 Å². The molecule has 119 heavy (non-hydrogen) atoms. The van der Waals surface area contributed by atoms with Crippen LogP contribution in [0.5, 0.6) is 0 Å². The fourth-order valence-corrected chi connectivity index (χ4v) is 16.8. The molecule has 0 radical (unpaired) electrons. The molecule has 4 aromatic carbocycles. The quantitative estimate of drug-likeness (QED) is 0.0524. The first-order valence-corrected chi connectivity index (χ1v) is 45.3. The monoisotopic (exact) mass is 1630 g/mol. The van der Waals surface area contributed by atoms with Crippen molar-refractivity contribution < 1.29 is 9.59 Å². The maximum atomic E-state index is 12.9. The van der Waals surface area contributed by atoms with E-state index in [1.54, 1.807) is 12.4 Å². The first kappa shape index (κ1) is 92.7. The molecule has 4 aliphatic carbocycles. The summed E-state index contributed by atoms with van der Waals surface area (Å²) in [5, 5.41) is 16.0. The molecule has 16 rings (SSSR count). The van der Waals surface area contributed by atoms with Crippen molar-refractivity contribution in [3.8, 4) is 24.7 Å². The van der Waals surface area contributed by atoms with Gasteiger partial charge in [-0.15, -0.1) is 12.8 Å². The zero-order chi connectivity index (χ0) is 84.7. The van der Waals surface area contributed by atoms with Gasteiger partial charge in [0, 0.05) is 153 Å². The van der Waals surface area contributed by atoms with E-state index in [0.29, 0.717) is 83.3 Å². The van der Waals surface area contributed by atoms with Crippen molar-refractivity contribution in [1.29, 1.82) is 0 Å². The Morgan fingerprint density at radius 3 is 1.19 bits per heavy atom. The van der Waals surface area contributed by atoms with Crippen LogP contribution in [-0.4, -0.2) is 137 Å². The van der Waals surface area contributed by atoms with E-state index >= 15 is 0 Å². The normalized spacial score (nSPS) is 15.7. The van der Waals surface area contributed by atoms with Crippen LogP contribution in [0, 0.1) is 38.5 Å². The van der Waals surface area contributed by atoms with Crippen molar-refractivity contribution in [3.05, 3.63) is 213 Å². The van der Waals surface area contributed by atoms with Crippen LogP contribution in [0.3, 0.4) is 0 Å². The SMILES string of the molecule is C#Cc1ncc2cc(Cc3ccc(Cl)cc3)n(C3CCCCC3)c2n1.C#Cc1ncc2cc(Cc3ccccc3)n(C3CCCCC3)c2n1.CC.CC.CC.CC.Cc1ncc(C(=O)NCCc2ccc(N3CCCC3)cc2)c(NC2CCCCC2)n1.Cc1ncc(C(=O)NCCc2ccc(N3CCN(C)CC3)cc2)c(NC2CCCCC2)n1. The Kier molecular flexibility index (Phi) is 38.9. The zero-order valence-electron chi connectivity index (χ0n) is 73.3. The molecule has 4 N–H and O–H groups in total. The zero-order valence-corrected chi connectivity index (χ0v) is 74.0. The lowest BCUT2D eigenvalue weighted by atomic mass is 9.95. The van der Waals surface area contributed by atoms with Gasteiger partial charge in [0.05, 0.1) is 0 Å². The van der Waals surface area contributed by atoms with E-state index < -0.39 is 0 Å². The summed E-state index contributed by atoms with van der Waals surface area (Å²) in [5.74, 6) is 8.55. The number of likely N-dealkylation sites (N-methyl/N-ethyl adjacent to an activating group) is 1. The Labute approximate surface area is 716 Å². The highest BCUT2D eigenvalue weighted by Crippen LogP contribution is 2.37. The number of amides is 2. The van der Waals surface area contributed by atoms with Gasteiger partial charge in [-0.3, -0.25) is 9.59 Å². The molecule has 2 aliphatic heterocycles. The number of anilines is 4. The van der Waals surface area contributed by atoms with E-state index in [1.165, 1.54) is 161 Å². The van der Waals surface area contributed by atoms with Crippen LogP contribution in [0.1, 0.15) is 286 Å². The number of aryl methyl sites for hydroxylation is 2. The van der Waals surface area contributed by atoms with Gasteiger partial charge in [0.25, 0.3) is 11.8 Å². The number of carbonyl (C=O) groups excluding carboxylic acids is 2. The Hall–Kier alpha value is -10.2. The standard InChI is InChI=1S/C25H36N6O.C24H33N5O.C21H20ClN3.C21H21N3.4C2H6/c1-19-27-18-23(24(28-19)29-21-6-4-3-5-7-21)25(32)26-13-12-20-8-10-22(11-9-20)31-16-14-30(2)15-17-31;1-18-26-17-22(23(27-18)28-20-7-3-2-4-8-20)24(30)25-14-13-19-9-11-21(12-10-19)29-15-5-6-16-29;1-2-20-23-14-16-13-19(12-15-8-10-17(22)11-9-15)25(21(16)24-20)18-6-4-3-5-7-18;1-2-20-22-15-17-14-19(13-16-9-5-3-6-10-16)24(21(17)23-20)18-11-7-4-8-12-18;4*1-2/h8-11,18,21H,3-7,12-17H2,1-2H3,(H,26,32)(H,27,28,29);9-12,17,20H,2-8,13-16H2,1H3,(H,25,30)(H,26,27,28);1,8-11,13-14,18H,3-7,12H2;1,3,5-6,9-10,14-15,18H,4,7-8,11-13H2;4*1-2H3. The van der Waals surface area contributed by atoms with Crippen molar-refractivity contribution in [3.63, 3.8) is 0 Å². The van der Waals surface area contributed by atoms with Crippen molar-refractivity contribution in [2.75, 3.05) is 79.8 Å². The van der Waals surface area contributed by atoms with Crippen LogP contribution in [0.25, 0.3) is 22.1 Å². The second kappa shape index (κ2) is 50.0. The Morgan fingerprint density at radius 2 is 0.798 bits per heavy atom. The predicted octanol–water partition coefficient (Wildman–Crippen LogP) is 21.1. The van der Waals surface area contributed by atoms with Gasteiger partial charge in [-0.1, -0.05) is 211 Å². The molecule has 0 bridgehead atoms. The van der Waals surface area contributed by atoms with Crippen molar-refractivity contribution in [2.24, 2.45) is 0 Å². The molecular weight excluding hydrogens is 1490 g/mol. The van der Waals surface area contributed by atoms with E-state index in [1.807, 2.05) is 93.8 Å². The highest BCUT2D eigenvalue weighted by Gasteiger charge is 2.27. The Bertz CT molecular complexity index is 4740. The number of nitrogens with zero attached hydrogens (tertiary/aromatic N) is 13. The number of carbonyl (C=O) groups is 2. The lowest BCUT2D eigenvalue weighted by molar-refractivity contribution is 0.0945. The Balaban J connectivity index is 0.000000176. The van der Waals surface area contributed by atoms with Crippen LogP contribution >= 0.6 is 11.6 Å². The van der Waals surface area contributed by atoms with Gasteiger partial charge in [-0.2, -0.15) is 0 Å². The fourth-order valence-electron chi connectivity index (χ4n) is 16.6. The maximum absolute atomic E-state index is 12.9. The van der Waals surface area contributed by atoms with E-state index in [-0.39, 0.29) is 11.8 Å². The summed E-state index contributed by atoms with van der Waals surface area (Å²) in [6.45, 7) is 27.6. The lowest BCUT2D eigenvalue weighted by Crippen LogP contribution is -2.44. The number of halogens is 1. The number of aromatic nitrogens is 10. The summed E-state index contributed by atoms with van der Waals surface area (Å²) in [7, 11) is 2.17. The molecule has 0 spiro atoms. The van der Waals surface area contributed by atoms with E-state index in [2.05, 4.69) is 207 Å². The second-order valence-corrected chi connectivity index (χ2v) is 31.4. The molecule has 0 unspecified atom stereocenters. The number of nitrogens with one attached hydrogen (secondary N) is 4. The third-order valence-electron chi connectivity index (χ3n) is 22.8. The van der Waals surface area contributed by atoms with Crippen LogP contribution in [-0.2, 0) is 25.7 Å². The summed E-state index contributed by atoms with van der Waals surface area (Å²) in [5.41, 5.74) is 13.2. The van der Waals surface area contributed by atoms with E-state index in [4.69, 9.17) is 24.4 Å². The smallest absolute Gasteiger partial charge is 0.256 e. The molecule has 0 atom stereocenters. The van der Waals surface area contributed by atoms with Gasteiger partial charge in [-0.25, -0.2) is 39.9 Å². The summed E-state index contributed by atoms with van der Waals surface area (Å²) < 4.78 is 4.84. The van der Waals surface area contributed by atoms with Gasteiger partial charge < -0.3 is 45.1 Å². The van der Waals surface area contributed by atoms with Gasteiger partial charge in [0.2, 0.25) is 11.6 Å². The molecule has 6 fully saturated rings. The molecule has 20 heteroatoms. The van der Waals surface area contributed by atoms with Gasteiger partial charge in [-0.05, 0) is 181 Å². The summed E-state index contributed by atoms with van der Waals surface area (Å²) in [6, 6.07) is 42.4. The number of benzene rings is 4. The van der Waals surface area contributed by atoms with E-state index in [9.17, 15) is 9.59 Å². The lowest BCUT2D eigenvalue weighted by Gasteiger charge is -2.34. The van der Waals surface area contributed by atoms with Crippen LogP contribution in [0.15, 0.2) is 140 Å². The minimum absolute atomic E-state index is 0.109. The number of terminal acetylenes is 2. The van der Waals surface area contributed by atoms with Crippen LogP contribution in [0.2, 0.25) is 5.02 Å². The second-order valence-electron chi connectivity index (χ2n) is 30.9. The molecule has 2 amide bonds. The number of rotatable bonds is 20. The number of hydrogen-bond donors (Lipinski definition) is 4. The highest BCUT2D eigenvalue weighted by molar-refractivity contribution is 6.30. The third-order valence-corrected chi connectivity index (χ3v) is 23.0. The van der Waals surface area contributed by atoms with Crippen LogP contribution < -0.4 is 31.1 Å². The number of fused-ring (bicyclic) bond motifs is 2. The first-order chi connectivity index (χ1) is 58.4. The van der Waals surface area contributed by atoms with Gasteiger partial charge in [0.15, 0.2) is 0 Å². The van der Waals surface area contributed by atoms with Gasteiger partial charge >= 0.3 is 0 Å². The van der Waals surface area contributed by atoms with Crippen LogP contribution in [0.4, 0.5) is 23.0 Å². The number of piperazine rings is 1. The average Bonchev–Trinajstić information content (AvgIpc) is 1.63. The third kappa shape index (κ3) is 27.7. The molecule has 19 nitrogen and oxygen atoms in total. The van der Waals surface area contributed by atoms with E-state index in [0.717, 1.165) is 118 Å². The van der Waals surface area contributed by atoms with Crippen molar-refractivity contribution in [2.45, 2.75) is 260 Å². The fraction of sp³-hybridized carbons (Fsp3) is 0.495. The molecule has 6 aromatic heterocycles. The molecule has 8 heterocycles. The summed E-state index contributed by atoms with van der Waals surface area (Å²) >= 11 is 6.02. The highest BCUT2D eigenvalue weighted by atomic mass is 35.5. The largest absolute Gasteiger partial charge is 0.372 e. The molecule has 4 saturated carbocycles. The predicted molar refractivity (Wildman–Crippen MR) is 495 cm³/mol. The minimum atomic E-state index is -0.114. The Morgan fingerprint density at radius 1 is 0.429 bits per heavy atom. The first-order valence-electron chi connectivity index (χ1n) is 44.9. The molecule has 10 aromatic rings. The maximum Gasteiger partial charge on any atom is 0.256 e. The molecule has 634 valence electrons. The number of hydrogen-bond acceptors (Lipinski definition) is 15. The molecule has 6 aliphatic rings. The molecular formula is C99H134ClN17O2. The van der Waals surface area contributed by atoms with Crippen molar-refractivity contribution >= 4 is 68.5 Å². The summed E-state index contributed by atoms with van der Waals surface area (Å²) in [4.78, 5) is 68.3. The average molecular weight is 1630 g/mol. The summed E-state index contributed by atoms with van der Waals surface area (Å²) in [6.07, 6.45) is 48.7. The van der Waals surface area contributed by atoms with Gasteiger partial charge in [0.1, 0.15) is 45.7 Å².